The highest BCUT2D eigenvalue weighted by Crippen LogP contribution is 2.46. The summed E-state index contributed by atoms with van der Waals surface area (Å²) >= 11 is 0. The van der Waals surface area contributed by atoms with Gasteiger partial charge in [-0.05, 0) is 67.7 Å². The molecule has 2 aromatic rings. The van der Waals surface area contributed by atoms with Crippen LogP contribution in [0.25, 0.3) is 0 Å². The van der Waals surface area contributed by atoms with Gasteiger partial charge in [-0.1, -0.05) is 6.07 Å². The smallest absolute Gasteiger partial charge is 0.272 e. The molecule has 1 amide bonds. The highest BCUT2D eigenvalue weighted by Gasteiger charge is 2.45. The van der Waals surface area contributed by atoms with Crippen LogP contribution in [0.5, 0.6) is 0 Å². The van der Waals surface area contributed by atoms with Crippen molar-refractivity contribution in [1.29, 1.82) is 0 Å². The van der Waals surface area contributed by atoms with E-state index < -0.39 is 0 Å². The lowest BCUT2D eigenvalue weighted by molar-refractivity contribution is 0.0942. The van der Waals surface area contributed by atoms with Crippen molar-refractivity contribution < 1.29 is 4.79 Å². The van der Waals surface area contributed by atoms with Crippen LogP contribution in [0.2, 0.25) is 0 Å². The van der Waals surface area contributed by atoms with Gasteiger partial charge in [0.15, 0.2) is 0 Å². The number of nitrogens with one attached hydrogen (secondary N) is 1. The van der Waals surface area contributed by atoms with Gasteiger partial charge in [-0.15, -0.1) is 0 Å². The quantitative estimate of drug-likeness (QED) is 0.813. The first-order valence-corrected chi connectivity index (χ1v) is 11.3. The molecule has 31 heavy (non-hydrogen) atoms. The number of carbonyl (C=O) groups excluding carboxylic acids is 1. The van der Waals surface area contributed by atoms with Gasteiger partial charge < -0.3 is 14.8 Å². The summed E-state index contributed by atoms with van der Waals surface area (Å²) in [5.41, 5.74) is 6.39. The highest BCUT2D eigenvalue weighted by molar-refractivity contribution is 6.10. The SMILES string of the molecule is CC1=C2CC[C@@H](NC(=O)c3cn(Cc4ccc(N5CC6CC6C5)nc4C)cn3)C2=NC1. The summed E-state index contributed by atoms with van der Waals surface area (Å²) in [6.07, 6.45) is 6.88. The number of rotatable bonds is 5. The zero-order chi connectivity index (χ0) is 21.1. The van der Waals surface area contributed by atoms with Gasteiger partial charge in [0.05, 0.1) is 31.2 Å². The Kier molecular flexibility index (Phi) is 4.26. The molecule has 1 N–H and O–H groups in total. The van der Waals surface area contributed by atoms with Gasteiger partial charge in [0.1, 0.15) is 11.5 Å². The van der Waals surface area contributed by atoms with Crippen LogP contribution in [0.3, 0.4) is 0 Å². The molecule has 2 aliphatic heterocycles. The molecule has 2 aromatic heterocycles. The van der Waals surface area contributed by atoms with Crippen molar-refractivity contribution >= 4 is 17.4 Å². The van der Waals surface area contributed by atoms with Gasteiger partial charge in [0.2, 0.25) is 0 Å². The maximum absolute atomic E-state index is 12.7. The lowest BCUT2D eigenvalue weighted by Crippen LogP contribution is -2.37. The van der Waals surface area contributed by atoms with E-state index in [4.69, 9.17) is 4.98 Å². The summed E-state index contributed by atoms with van der Waals surface area (Å²) in [4.78, 5) is 29.0. The van der Waals surface area contributed by atoms with Crippen LogP contribution >= 0.6 is 0 Å². The average Bonchev–Trinajstić information content (AvgIpc) is 3.22. The number of amides is 1. The van der Waals surface area contributed by atoms with E-state index in [1.807, 2.05) is 10.8 Å². The minimum atomic E-state index is -0.130. The van der Waals surface area contributed by atoms with Crippen molar-refractivity contribution in [2.45, 2.75) is 45.7 Å². The van der Waals surface area contributed by atoms with Crippen molar-refractivity contribution in [3.8, 4) is 0 Å². The first-order valence-electron chi connectivity index (χ1n) is 11.3. The molecule has 1 saturated heterocycles. The molecule has 3 atom stereocenters. The third kappa shape index (κ3) is 3.36. The Morgan fingerprint density at radius 1 is 1.23 bits per heavy atom. The number of aryl methyl sites for hydroxylation is 1. The Morgan fingerprint density at radius 3 is 2.87 bits per heavy atom. The molecule has 0 radical (unpaired) electrons. The molecule has 3 fully saturated rings. The zero-order valence-corrected chi connectivity index (χ0v) is 18.1. The molecule has 2 aliphatic carbocycles. The number of piperidine rings is 1. The van der Waals surface area contributed by atoms with E-state index in [0.717, 1.165) is 67.1 Å². The Balaban J connectivity index is 1.11. The fourth-order valence-corrected chi connectivity index (χ4v) is 5.34. The Morgan fingerprint density at radius 2 is 2.06 bits per heavy atom. The summed E-state index contributed by atoms with van der Waals surface area (Å²) in [6, 6.07) is 4.31. The highest BCUT2D eigenvalue weighted by atomic mass is 16.2. The van der Waals surface area contributed by atoms with Crippen molar-refractivity contribution in [2.75, 3.05) is 24.5 Å². The van der Waals surface area contributed by atoms with E-state index in [-0.39, 0.29) is 11.9 Å². The number of aliphatic imine (C=N–C) groups is 1. The molecule has 7 heteroatoms. The third-order valence-electron chi connectivity index (χ3n) is 7.33. The Bertz CT molecular complexity index is 1120. The lowest BCUT2D eigenvalue weighted by atomic mass is 10.1. The number of aromatic nitrogens is 3. The van der Waals surface area contributed by atoms with Gasteiger partial charge in [0, 0.05) is 25.0 Å². The van der Waals surface area contributed by atoms with Gasteiger partial charge in [-0.2, -0.15) is 0 Å². The number of hydrogen-bond donors (Lipinski definition) is 1. The van der Waals surface area contributed by atoms with Crippen molar-refractivity contribution in [3.05, 3.63) is 52.8 Å². The third-order valence-corrected chi connectivity index (χ3v) is 7.33. The number of fused-ring (bicyclic) bond motifs is 2. The topological polar surface area (TPSA) is 75.4 Å². The van der Waals surface area contributed by atoms with E-state index in [0.29, 0.717) is 12.2 Å². The van der Waals surface area contributed by atoms with E-state index in [2.05, 4.69) is 46.2 Å². The maximum Gasteiger partial charge on any atom is 0.272 e. The molecule has 6 rings (SSSR count). The van der Waals surface area contributed by atoms with E-state index in [1.54, 1.807) is 6.33 Å². The monoisotopic (exact) mass is 416 g/mol. The van der Waals surface area contributed by atoms with Gasteiger partial charge in [0.25, 0.3) is 5.91 Å². The second-order valence-electron chi connectivity index (χ2n) is 9.53. The van der Waals surface area contributed by atoms with Gasteiger partial charge in [-0.25, -0.2) is 9.97 Å². The van der Waals surface area contributed by atoms with Crippen LogP contribution in [-0.2, 0) is 6.54 Å². The number of imidazole rings is 1. The molecule has 0 bridgehead atoms. The molecular weight excluding hydrogens is 388 g/mol. The number of nitrogens with zero attached hydrogens (tertiary/aromatic N) is 5. The Hall–Kier alpha value is -2.96. The van der Waals surface area contributed by atoms with Crippen LogP contribution in [-0.4, -0.2) is 51.8 Å². The van der Waals surface area contributed by atoms with Crippen LogP contribution in [0.15, 0.2) is 40.8 Å². The van der Waals surface area contributed by atoms with Crippen molar-refractivity contribution in [3.63, 3.8) is 0 Å². The summed E-state index contributed by atoms with van der Waals surface area (Å²) in [6.45, 7) is 7.94. The first kappa shape index (κ1) is 18.8. The van der Waals surface area contributed by atoms with Gasteiger partial charge >= 0.3 is 0 Å². The minimum Gasteiger partial charge on any atom is -0.356 e. The molecule has 0 aromatic carbocycles. The lowest BCUT2D eigenvalue weighted by Gasteiger charge is -2.20. The molecular formula is C24H28N6O. The predicted octanol–water partition coefficient (Wildman–Crippen LogP) is 2.75. The fourth-order valence-electron chi connectivity index (χ4n) is 5.34. The van der Waals surface area contributed by atoms with E-state index >= 15 is 0 Å². The summed E-state index contributed by atoms with van der Waals surface area (Å²) in [5, 5.41) is 3.12. The van der Waals surface area contributed by atoms with E-state index in [9.17, 15) is 4.79 Å². The second kappa shape index (κ2) is 7.04. The summed E-state index contributed by atoms with van der Waals surface area (Å²) in [5.74, 6) is 2.76. The molecule has 2 saturated carbocycles. The molecule has 4 aliphatic rings. The maximum atomic E-state index is 12.7. The van der Waals surface area contributed by atoms with Gasteiger partial charge in [-0.3, -0.25) is 9.79 Å². The van der Waals surface area contributed by atoms with Crippen LogP contribution in [0.1, 0.15) is 47.9 Å². The first-order chi connectivity index (χ1) is 15.0. The second-order valence-corrected chi connectivity index (χ2v) is 9.53. The van der Waals surface area contributed by atoms with Crippen molar-refractivity contribution in [2.24, 2.45) is 16.8 Å². The minimum absolute atomic E-state index is 0.0145. The summed E-state index contributed by atoms with van der Waals surface area (Å²) in [7, 11) is 0. The predicted molar refractivity (Wildman–Crippen MR) is 120 cm³/mol. The average molecular weight is 417 g/mol. The van der Waals surface area contributed by atoms with Crippen molar-refractivity contribution in [1.82, 2.24) is 19.9 Å². The van der Waals surface area contributed by atoms with E-state index in [1.165, 1.54) is 17.6 Å². The fraction of sp³-hybridized carbons (Fsp3) is 0.500. The number of hydrogen-bond acceptors (Lipinski definition) is 5. The number of carbonyl (C=O) groups is 1. The molecule has 4 heterocycles. The van der Waals surface area contributed by atoms with Crippen LogP contribution in [0, 0.1) is 18.8 Å². The largest absolute Gasteiger partial charge is 0.356 e. The normalized spacial score (nSPS) is 26.2. The Labute approximate surface area is 182 Å². The molecule has 160 valence electrons. The molecule has 2 unspecified atom stereocenters. The van der Waals surface area contributed by atoms with Crippen LogP contribution in [0.4, 0.5) is 5.82 Å². The molecule has 7 nitrogen and oxygen atoms in total. The standard InChI is InChI=1S/C24H28N6O/c1-14-8-25-23-19(14)4-5-20(23)28-24(31)21-12-29(13-26-21)9-16-3-6-22(27-15(16)2)30-10-17-7-18(17)11-30/h3,6,12-13,17-18,20H,4-5,7-11H2,1-2H3,(H,28,31)/t17?,18?,20-/m1/s1. The number of anilines is 1. The van der Waals surface area contributed by atoms with Crippen LogP contribution < -0.4 is 10.2 Å². The molecule has 0 spiro atoms. The summed E-state index contributed by atoms with van der Waals surface area (Å²) < 4.78 is 1.96. The zero-order valence-electron chi connectivity index (χ0n) is 18.1. The number of pyridine rings is 1.